The molecule has 1 saturated heterocycles. The molecule has 0 unspecified atom stereocenters. The number of carbonyl (C=O) groups excluding carboxylic acids is 4. The number of halogens is 1. The van der Waals surface area contributed by atoms with Crippen LogP contribution in [0.25, 0.3) is 12.2 Å². The summed E-state index contributed by atoms with van der Waals surface area (Å²) < 4.78 is 16.1. The van der Waals surface area contributed by atoms with E-state index in [1.807, 2.05) is 30.3 Å². The first kappa shape index (κ1) is 24.7. The zero-order valence-electron chi connectivity index (χ0n) is 18.9. The third-order valence-corrected chi connectivity index (χ3v) is 5.51. The number of imide groups is 1. The van der Waals surface area contributed by atoms with E-state index in [1.54, 1.807) is 24.3 Å². The van der Waals surface area contributed by atoms with Crippen molar-refractivity contribution in [2.24, 2.45) is 0 Å². The van der Waals surface area contributed by atoms with E-state index in [9.17, 15) is 19.2 Å². The minimum atomic E-state index is -0.672. The molecular formula is C26H19BrN2O7. The highest BCUT2D eigenvalue weighted by atomic mass is 79.9. The monoisotopic (exact) mass is 550 g/mol. The lowest BCUT2D eigenvalue weighted by Crippen LogP contribution is -2.30. The first-order valence-corrected chi connectivity index (χ1v) is 11.4. The highest BCUT2D eigenvalue weighted by Gasteiger charge is 2.34. The maximum atomic E-state index is 12.9. The van der Waals surface area contributed by atoms with E-state index in [0.717, 1.165) is 10.5 Å². The Bertz CT molecular complexity index is 1390. The van der Waals surface area contributed by atoms with Crippen molar-refractivity contribution in [2.75, 3.05) is 7.11 Å². The maximum Gasteiger partial charge on any atom is 0.373 e. The smallest absolute Gasteiger partial charge is 0.373 e. The van der Waals surface area contributed by atoms with Crippen molar-refractivity contribution in [1.82, 2.24) is 10.2 Å². The molecule has 2 aromatic carbocycles. The van der Waals surface area contributed by atoms with E-state index < -0.39 is 23.9 Å². The number of benzene rings is 2. The third-order valence-electron chi connectivity index (χ3n) is 5.02. The number of ether oxygens (including phenoxy) is 2. The summed E-state index contributed by atoms with van der Waals surface area (Å²) in [6.07, 6.45) is 4.33. The predicted molar refractivity (Wildman–Crippen MR) is 132 cm³/mol. The van der Waals surface area contributed by atoms with Crippen LogP contribution in [-0.4, -0.2) is 35.9 Å². The Morgan fingerprint density at radius 1 is 1.08 bits per heavy atom. The van der Waals surface area contributed by atoms with Gasteiger partial charge in [-0.3, -0.25) is 9.69 Å². The average molecular weight is 551 g/mol. The van der Waals surface area contributed by atoms with Gasteiger partial charge in [-0.15, -0.1) is 0 Å². The Kier molecular flexibility index (Phi) is 7.45. The molecule has 1 fully saturated rings. The van der Waals surface area contributed by atoms with Crippen molar-refractivity contribution >= 4 is 52.0 Å². The molecule has 2 heterocycles. The summed E-state index contributed by atoms with van der Waals surface area (Å²) in [4.78, 5) is 50.2. The predicted octanol–water partition coefficient (Wildman–Crippen LogP) is 4.54. The number of nitrogens with one attached hydrogen (secondary N) is 1. The number of carbonyl (C=O) groups is 4. The van der Waals surface area contributed by atoms with Crippen molar-refractivity contribution in [2.45, 2.75) is 6.54 Å². The maximum absolute atomic E-state index is 12.9. The van der Waals surface area contributed by atoms with Crippen LogP contribution in [0.4, 0.5) is 4.79 Å². The highest BCUT2D eigenvalue weighted by molar-refractivity contribution is 9.10. The van der Waals surface area contributed by atoms with Gasteiger partial charge >= 0.3 is 18.0 Å². The topological polar surface area (TPSA) is 115 Å². The molecular weight excluding hydrogens is 532 g/mol. The molecule has 36 heavy (non-hydrogen) atoms. The molecule has 9 nitrogen and oxygen atoms in total. The van der Waals surface area contributed by atoms with Gasteiger partial charge in [0.25, 0.3) is 5.91 Å². The van der Waals surface area contributed by atoms with Gasteiger partial charge in [-0.05, 0) is 48.0 Å². The third kappa shape index (κ3) is 5.78. The van der Waals surface area contributed by atoms with Crippen LogP contribution in [-0.2, 0) is 20.9 Å². The van der Waals surface area contributed by atoms with Crippen LogP contribution in [0.3, 0.4) is 0 Å². The van der Waals surface area contributed by atoms with Gasteiger partial charge in [0.2, 0.25) is 5.76 Å². The van der Waals surface area contributed by atoms with E-state index in [2.05, 4.69) is 26.0 Å². The molecule has 0 atom stereocenters. The van der Waals surface area contributed by atoms with Gasteiger partial charge < -0.3 is 19.2 Å². The number of hydrogen-bond acceptors (Lipinski definition) is 7. The Morgan fingerprint density at radius 2 is 1.86 bits per heavy atom. The number of nitrogens with zero attached hydrogens (tertiary/aromatic N) is 1. The Hall–Kier alpha value is -4.44. The standard InChI is InChI=1S/C26H19BrN2O7/c1-34-25(32)22-11-9-19(35-22)15-29-24(31)20(28-26(29)33)14-17-13-18(27)8-10-21(17)36-23(30)12-7-16-5-3-2-4-6-16/h2-14H,15H2,1H3,(H,28,33)/b12-7+,20-14+. The molecule has 1 aliphatic rings. The molecule has 4 rings (SSSR count). The second-order valence-electron chi connectivity index (χ2n) is 7.48. The van der Waals surface area contributed by atoms with E-state index in [0.29, 0.717) is 10.0 Å². The van der Waals surface area contributed by atoms with Gasteiger partial charge in [0.15, 0.2) is 0 Å². The van der Waals surface area contributed by atoms with Crippen molar-refractivity contribution in [3.8, 4) is 5.75 Å². The lowest BCUT2D eigenvalue weighted by Gasteiger charge is -2.09. The molecule has 1 aromatic heterocycles. The molecule has 3 aromatic rings. The molecule has 0 spiro atoms. The fourth-order valence-corrected chi connectivity index (χ4v) is 3.67. The summed E-state index contributed by atoms with van der Waals surface area (Å²) in [5, 5.41) is 2.51. The second kappa shape index (κ2) is 10.9. The largest absolute Gasteiger partial charge is 0.463 e. The fraction of sp³-hybridized carbons (Fsp3) is 0.0769. The molecule has 1 N–H and O–H groups in total. The van der Waals surface area contributed by atoms with Gasteiger partial charge in [-0.1, -0.05) is 46.3 Å². The van der Waals surface area contributed by atoms with Crippen molar-refractivity contribution in [1.29, 1.82) is 0 Å². The summed E-state index contributed by atoms with van der Waals surface area (Å²) in [6.45, 7) is -0.191. The van der Waals surface area contributed by atoms with E-state index in [-0.39, 0.29) is 29.5 Å². The van der Waals surface area contributed by atoms with Crippen LogP contribution in [0.1, 0.15) is 27.4 Å². The SMILES string of the molecule is COC(=O)c1ccc(CN2C(=O)N/C(=C/c3cc(Br)ccc3OC(=O)/C=C/c3ccccc3)C2=O)o1. The van der Waals surface area contributed by atoms with Gasteiger partial charge in [0, 0.05) is 16.1 Å². The van der Waals surface area contributed by atoms with Crippen LogP contribution in [0.2, 0.25) is 0 Å². The van der Waals surface area contributed by atoms with Crippen LogP contribution in [0.15, 0.2) is 81.3 Å². The number of furan rings is 1. The average Bonchev–Trinajstić information content (AvgIpc) is 3.45. The van der Waals surface area contributed by atoms with Crippen LogP contribution >= 0.6 is 15.9 Å². The van der Waals surface area contributed by atoms with E-state index in [4.69, 9.17) is 9.15 Å². The Balaban J connectivity index is 1.51. The number of esters is 2. The first-order chi connectivity index (χ1) is 17.3. The zero-order valence-corrected chi connectivity index (χ0v) is 20.5. The Labute approximate surface area is 214 Å². The second-order valence-corrected chi connectivity index (χ2v) is 8.40. The van der Waals surface area contributed by atoms with Crippen LogP contribution in [0.5, 0.6) is 5.75 Å². The zero-order chi connectivity index (χ0) is 25.7. The van der Waals surface area contributed by atoms with Crippen molar-refractivity contribution < 1.29 is 33.1 Å². The van der Waals surface area contributed by atoms with Crippen molar-refractivity contribution in [3.05, 3.63) is 99.6 Å². The summed E-state index contributed by atoms with van der Waals surface area (Å²) in [5.74, 6) is -1.52. The molecule has 0 saturated carbocycles. The quantitative estimate of drug-likeness (QED) is 0.199. The molecule has 0 radical (unpaired) electrons. The molecule has 0 bridgehead atoms. The lowest BCUT2D eigenvalue weighted by molar-refractivity contribution is -0.129. The summed E-state index contributed by atoms with van der Waals surface area (Å²) >= 11 is 3.36. The number of hydrogen-bond donors (Lipinski definition) is 1. The molecule has 0 aliphatic carbocycles. The van der Waals surface area contributed by atoms with E-state index >= 15 is 0 Å². The summed E-state index contributed by atoms with van der Waals surface area (Å²) in [6, 6.07) is 16.4. The molecule has 182 valence electrons. The normalized spacial score (nSPS) is 14.4. The summed E-state index contributed by atoms with van der Waals surface area (Å²) in [7, 11) is 1.21. The van der Waals surface area contributed by atoms with E-state index in [1.165, 1.54) is 31.4 Å². The first-order valence-electron chi connectivity index (χ1n) is 10.6. The van der Waals surface area contributed by atoms with Crippen molar-refractivity contribution in [3.63, 3.8) is 0 Å². The molecule has 1 aliphatic heterocycles. The fourth-order valence-electron chi connectivity index (χ4n) is 3.30. The number of urea groups is 1. The summed E-state index contributed by atoms with van der Waals surface area (Å²) in [5.41, 5.74) is 1.21. The van der Waals surface area contributed by atoms with Gasteiger partial charge in [-0.25, -0.2) is 14.4 Å². The van der Waals surface area contributed by atoms with Gasteiger partial charge in [-0.2, -0.15) is 0 Å². The van der Waals surface area contributed by atoms with Gasteiger partial charge in [0.1, 0.15) is 17.2 Å². The van der Waals surface area contributed by atoms with Crippen LogP contribution in [0, 0.1) is 0 Å². The molecule has 10 heteroatoms. The highest BCUT2D eigenvalue weighted by Crippen LogP contribution is 2.27. The van der Waals surface area contributed by atoms with Crippen LogP contribution < -0.4 is 10.1 Å². The minimum Gasteiger partial charge on any atom is -0.463 e. The Morgan fingerprint density at radius 3 is 2.61 bits per heavy atom. The van der Waals surface area contributed by atoms with Gasteiger partial charge in [0.05, 0.1) is 13.7 Å². The minimum absolute atomic E-state index is 0.0185. The lowest BCUT2D eigenvalue weighted by atomic mass is 10.1. The number of rotatable bonds is 7. The number of methoxy groups -OCH3 is 1. The number of amides is 3. The molecule has 3 amide bonds.